The highest BCUT2D eigenvalue weighted by Gasteiger charge is 2.04. The third kappa shape index (κ3) is 6.89. The Balaban J connectivity index is 0.000000325. The summed E-state index contributed by atoms with van der Waals surface area (Å²) in [6.45, 7) is 7.12. The number of nitrogens with two attached hydrogens (primary N) is 1. The monoisotopic (exact) mass is 225 g/mol. The van der Waals surface area contributed by atoms with Crippen LogP contribution < -0.4 is 5.73 Å². The van der Waals surface area contributed by atoms with Crippen molar-refractivity contribution in [1.29, 1.82) is 0 Å². The molecule has 1 aromatic rings. The van der Waals surface area contributed by atoms with Gasteiger partial charge in [-0.05, 0) is 18.0 Å². The molecule has 1 rings (SSSR count). The Labute approximate surface area is 96.0 Å². The van der Waals surface area contributed by atoms with Crippen molar-refractivity contribution < 1.29 is 9.53 Å². The van der Waals surface area contributed by atoms with Crippen LogP contribution in [-0.2, 0) is 4.74 Å². The van der Waals surface area contributed by atoms with E-state index in [2.05, 4.69) is 35.5 Å². The van der Waals surface area contributed by atoms with Gasteiger partial charge in [-0.1, -0.05) is 20.8 Å². The van der Waals surface area contributed by atoms with Crippen LogP contribution in [0.15, 0.2) is 18.6 Å². The lowest BCUT2D eigenvalue weighted by atomic mass is 9.98. The minimum absolute atomic E-state index is 0.275. The number of aromatic nitrogens is 2. The van der Waals surface area contributed by atoms with Gasteiger partial charge in [-0.25, -0.2) is 14.8 Å². The normalized spacial score (nSPS) is 10.1. The molecule has 0 saturated carbocycles. The third-order valence-corrected chi connectivity index (χ3v) is 1.59. The first-order chi connectivity index (χ1) is 7.40. The lowest BCUT2D eigenvalue weighted by molar-refractivity contribution is 0.0594. The number of carbonyl (C=O) groups excluding carboxylic acids is 1. The first kappa shape index (κ1) is 14.5. The average molecular weight is 225 g/mol. The summed E-state index contributed by atoms with van der Waals surface area (Å²) in [6, 6.07) is 1.49. The number of hydrogen-bond donors (Lipinski definition) is 1. The van der Waals surface area contributed by atoms with E-state index in [4.69, 9.17) is 5.73 Å². The van der Waals surface area contributed by atoms with Gasteiger partial charge in [-0.15, -0.1) is 0 Å². The smallest absolute Gasteiger partial charge is 0.356 e. The van der Waals surface area contributed by atoms with Gasteiger partial charge in [0.1, 0.15) is 6.33 Å². The zero-order chi connectivity index (χ0) is 12.6. The van der Waals surface area contributed by atoms with E-state index >= 15 is 0 Å². The lowest BCUT2D eigenvalue weighted by Crippen LogP contribution is -2.18. The Morgan fingerprint density at radius 2 is 2.06 bits per heavy atom. The second-order valence-corrected chi connectivity index (χ2v) is 4.35. The van der Waals surface area contributed by atoms with Gasteiger partial charge in [0.05, 0.1) is 7.11 Å². The molecule has 16 heavy (non-hydrogen) atoms. The summed E-state index contributed by atoms with van der Waals surface area (Å²) in [7, 11) is 1.31. The first-order valence-corrected chi connectivity index (χ1v) is 4.95. The van der Waals surface area contributed by atoms with Crippen LogP contribution in [0.1, 0.15) is 31.3 Å². The quantitative estimate of drug-likeness (QED) is 0.728. The van der Waals surface area contributed by atoms with Crippen LogP contribution in [0.5, 0.6) is 0 Å². The van der Waals surface area contributed by atoms with Crippen LogP contribution in [0.3, 0.4) is 0 Å². The molecule has 0 amide bonds. The van der Waals surface area contributed by atoms with Crippen LogP contribution in [0.4, 0.5) is 0 Å². The second-order valence-electron chi connectivity index (χ2n) is 4.35. The van der Waals surface area contributed by atoms with E-state index in [9.17, 15) is 4.79 Å². The van der Waals surface area contributed by atoms with Gasteiger partial charge < -0.3 is 10.5 Å². The number of nitrogens with zero attached hydrogens (tertiary/aromatic N) is 2. The molecular weight excluding hydrogens is 206 g/mol. The number of rotatable bonds is 1. The summed E-state index contributed by atoms with van der Waals surface area (Å²) in [5.41, 5.74) is 5.90. The molecule has 0 saturated heterocycles. The second kappa shape index (κ2) is 6.90. The largest absolute Gasteiger partial charge is 0.464 e. The van der Waals surface area contributed by atoms with Crippen molar-refractivity contribution in [3.8, 4) is 0 Å². The Bertz CT molecular complexity index is 307. The number of esters is 1. The van der Waals surface area contributed by atoms with Crippen molar-refractivity contribution in [2.45, 2.75) is 20.8 Å². The topological polar surface area (TPSA) is 78.1 Å². The van der Waals surface area contributed by atoms with E-state index in [1.807, 2.05) is 0 Å². The van der Waals surface area contributed by atoms with Gasteiger partial charge in [-0.2, -0.15) is 0 Å². The molecule has 0 spiro atoms. The van der Waals surface area contributed by atoms with Crippen molar-refractivity contribution in [2.24, 2.45) is 11.1 Å². The fourth-order valence-corrected chi connectivity index (χ4v) is 0.516. The Morgan fingerprint density at radius 3 is 2.38 bits per heavy atom. The van der Waals surface area contributed by atoms with E-state index in [1.165, 1.54) is 25.7 Å². The number of methoxy groups -OCH3 is 1. The van der Waals surface area contributed by atoms with Gasteiger partial charge in [0.2, 0.25) is 0 Å². The molecule has 0 bridgehead atoms. The fraction of sp³-hybridized carbons (Fsp3) is 0.545. The summed E-state index contributed by atoms with van der Waals surface area (Å²) in [6.07, 6.45) is 2.78. The van der Waals surface area contributed by atoms with Crippen LogP contribution >= 0.6 is 0 Å². The third-order valence-electron chi connectivity index (χ3n) is 1.59. The van der Waals surface area contributed by atoms with Crippen LogP contribution in [-0.4, -0.2) is 29.6 Å². The average Bonchev–Trinajstić information content (AvgIpc) is 2.29. The Hall–Kier alpha value is -1.49. The zero-order valence-corrected chi connectivity index (χ0v) is 10.2. The summed E-state index contributed by atoms with van der Waals surface area (Å²) < 4.78 is 4.41. The fourth-order valence-electron chi connectivity index (χ4n) is 0.516. The first-order valence-electron chi connectivity index (χ1n) is 4.95. The highest BCUT2D eigenvalue weighted by molar-refractivity contribution is 5.86. The molecule has 0 atom stereocenters. The van der Waals surface area contributed by atoms with Gasteiger partial charge in [0, 0.05) is 6.20 Å². The number of ether oxygens (including phenoxy) is 1. The zero-order valence-electron chi connectivity index (χ0n) is 10.2. The van der Waals surface area contributed by atoms with Crippen LogP contribution in [0.25, 0.3) is 0 Å². The van der Waals surface area contributed by atoms with Gasteiger partial charge in [-0.3, -0.25) is 0 Å². The summed E-state index contributed by atoms with van der Waals surface area (Å²) >= 11 is 0. The van der Waals surface area contributed by atoms with E-state index in [-0.39, 0.29) is 5.69 Å². The molecule has 5 nitrogen and oxygen atoms in total. The van der Waals surface area contributed by atoms with Crippen molar-refractivity contribution in [3.63, 3.8) is 0 Å². The van der Waals surface area contributed by atoms with Crippen molar-refractivity contribution >= 4 is 5.97 Å². The van der Waals surface area contributed by atoms with Crippen LogP contribution in [0, 0.1) is 5.41 Å². The molecular formula is C11H19N3O2. The van der Waals surface area contributed by atoms with Gasteiger partial charge in [0.15, 0.2) is 5.69 Å². The molecule has 2 N–H and O–H groups in total. The minimum atomic E-state index is -0.442. The standard InChI is InChI=1S/C6H6N2O2.C5H13N/c1-10-6(9)5-2-3-7-4-8-5;1-5(2,3)4-6/h2-4H,1H3;4,6H2,1-3H3. The summed E-state index contributed by atoms with van der Waals surface area (Å²) in [5, 5.41) is 0. The van der Waals surface area contributed by atoms with E-state index < -0.39 is 5.97 Å². The molecule has 0 aliphatic carbocycles. The van der Waals surface area contributed by atoms with Crippen molar-refractivity contribution in [1.82, 2.24) is 9.97 Å². The summed E-state index contributed by atoms with van der Waals surface area (Å²) in [5.74, 6) is -0.442. The minimum Gasteiger partial charge on any atom is -0.464 e. The molecule has 90 valence electrons. The molecule has 0 unspecified atom stereocenters. The van der Waals surface area contributed by atoms with E-state index in [0.29, 0.717) is 5.41 Å². The predicted molar refractivity (Wildman–Crippen MR) is 61.9 cm³/mol. The maximum Gasteiger partial charge on any atom is 0.356 e. The SMILES string of the molecule is CC(C)(C)CN.COC(=O)c1ccncn1. The molecule has 1 heterocycles. The molecule has 5 heteroatoms. The molecule has 0 fully saturated rings. The molecule has 0 aliphatic rings. The van der Waals surface area contributed by atoms with Gasteiger partial charge >= 0.3 is 5.97 Å². The maximum atomic E-state index is 10.7. The van der Waals surface area contributed by atoms with Gasteiger partial charge in [0.25, 0.3) is 0 Å². The highest BCUT2D eigenvalue weighted by atomic mass is 16.5. The van der Waals surface area contributed by atoms with Crippen molar-refractivity contribution in [3.05, 3.63) is 24.3 Å². The lowest BCUT2D eigenvalue weighted by Gasteiger charge is -2.12. The van der Waals surface area contributed by atoms with E-state index in [1.54, 1.807) is 0 Å². The number of hydrogen-bond acceptors (Lipinski definition) is 5. The van der Waals surface area contributed by atoms with Crippen molar-refractivity contribution in [2.75, 3.05) is 13.7 Å². The van der Waals surface area contributed by atoms with E-state index in [0.717, 1.165) is 6.54 Å². The highest BCUT2D eigenvalue weighted by Crippen LogP contribution is 2.07. The summed E-state index contributed by atoms with van der Waals surface area (Å²) in [4.78, 5) is 18.0. The van der Waals surface area contributed by atoms with Crippen LogP contribution in [0.2, 0.25) is 0 Å². The Kier molecular flexibility index (Phi) is 6.25. The molecule has 0 radical (unpaired) electrons. The molecule has 0 aromatic carbocycles. The predicted octanol–water partition coefficient (Wildman–Crippen LogP) is 1.25. The Morgan fingerprint density at radius 1 is 1.50 bits per heavy atom. The molecule has 0 aliphatic heterocycles. The number of carbonyl (C=O) groups is 1. The maximum absolute atomic E-state index is 10.7. The molecule has 1 aromatic heterocycles.